The van der Waals surface area contributed by atoms with Crippen molar-refractivity contribution in [1.29, 1.82) is 0 Å². The molecule has 3 nitrogen and oxygen atoms in total. The standard InChI is InChI=1S/C18H22N2O.ClH/c1-21-17-9-7-16(8-10-17)18(15-5-3-2-4-6-15)20-13-11-19-12-14-20;/h2-10,18-19H,11-14H2,1H3;1H. The summed E-state index contributed by atoms with van der Waals surface area (Å²) >= 11 is 0. The van der Waals surface area contributed by atoms with Crippen molar-refractivity contribution in [2.75, 3.05) is 33.3 Å². The van der Waals surface area contributed by atoms with Gasteiger partial charge in [-0.15, -0.1) is 12.4 Å². The average molecular weight is 319 g/mol. The fourth-order valence-electron chi connectivity index (χ4n) is 2.98. The van der Waals surface area contributed by atoms with Crippen molar-refractivity contribution < 1.29 is 4.74 Å². The number of hydrogen-bond acceptors (Lipinski definition) is 3. The van der Waals surface area contributed by atoms with Gasteiger partial charge in [-0.05, 0) is 23.3 Å². The smallest absolute Gasteiger partial charge is 0.118 e. The van der Waals surface area contributed by atoms with E-state index in [1.165, 1.54) is 11.1 Å². The fraction of sp³-hybridized carbons (Fsp3) is 0.333. The highest BCUT2D eigenvalue weighted by Crippen LogP contribution is 2.29. The van der Waals surface area contributed by atoms with Gasteiger partial charge in [-0.3, -0.25) is 4.90 Å². The van der Waals surface area contributed by atoms with E-state index in [2.05, 4.69) is 52.7 Å². The van der Waals surface area contributed by atoms with Gasteiger partial charge < -0.3 is 10.1 Å². The van der Waals surface area contributed by atoms with Gasteiger partial charge in [0.2, 0.25) is 0 Å². The minimum absolute atomic E-state index is 0. The van der Waals surface area contributed by atoms with Crippen LogP contribution in [0.5, 0.6) is 5.75 Å². The van der Waals surface area contributed by atoms with Crippen LogP contribution < -0.4 is 10.1 Å². The Hall–Kier alpha value is -1.55. The number of methoxy groups -OCH3 is 1. The van der Waals surface area contributed by atoms with E-state index in [-0.39, 0.29) is 12.4 Å². The zero-order valence-electron chi connectivity index (χ0n) is 12.9. The van der Waals surface area contributed by atoms with Crippen molar-refractivity contribution in [1.82, 2.24) is 10.2 Å². The lowest BCUT2D eigenvalue weighted by molar-refractivity contribution is 0.198. The Morgan fingerprint density at radius 2 is 1.50 bits per heavy atom. The minimum atomic E-state index is 0. The second kappa shape index (κ2) is 8.18. The van der Waals surface area contributed by atoms with Crippen LogP contribution in [-0.2, 0) is 0 Å². The van der Waals surface area contributed by atoms with Crippen molar-refractivity contribution in [3.8, 4) is 5.75 Å². The molecule has 1 atom stereocenters. The Kier molecular flexibility index (Phi) is 6.25. The molecule has 1 saturated heterocycles. The number of rotatable bonds is 4. The normalized spacial score (nSPS) is 16.6. The lowest BCUT2D eigenvalue weighted by Gasteiger charge is -2.35. The highest BCUT2D eigenvalue weighted by atomic mass is 35.5. The molecular formula is C18H23ClN2O. The molecule has 4 heteroatoms. The molecule has 22 heavy (non-hydrogen) atoms. The van der Waals surface area contributed by atoms with E-state index in [1.54, 1.807) is 7.11 Å². The summed E-state index contributed by atoms with van der Waals surface area (Å²) in [6.45, 7) is 4.26. The summed E-state index contributed by atoms with van der Waals surface area (Å²) in [5.41, 5.74) is 2.67. The van der Waals surface area contributed by atoms with Gasteiger partial charge in [-0.25, -0.2) is 0 Å². The van der Waals surface area contributed by atoms with Gasteiger partial charge in [0, 0.05) is 26.2 Å². The summed E-state index contributed by atoms with van der Waals surface area (Å²) in [6, 6.07) is 19.5. The molecule has 1 N–H and O–H groups in total. The third-order valence-electron chi connectivity index (χ3n) is 4.06. The Morgan fingerprint density at radius 3 is 2.09 bits per heavy atom. The van der Waals surface area contributed by atoms with Crippen LogP contribution in [0.25, 0.3) is 0 Å². The second-order valence-corrected chi connectivity index (χ2v) is 5.37. The maximum absolute atomic E-state index is 5.28. The largest absolute Gasteiger partial charge is 0.497 e. The first-order valence-electron chi connectivity index (χ1n) is 7.52. The Balaban J connectivity index is 0.00000176. The van der Waals surface area contributed by atoms with Crippen LogP contribution in [0.1, 0.15) is 17.2 Å². The first kappa shape index (κ1) is 16.8. The van der Waals surface area contributed by atoms with E-state index in [1.807, 2.05) is 12.1 Å². The first-order chi connectivity index (χ1) is 10.4. The van der Waals surface area contributed by atoms with Crippen LogP contribution in [0, 0.1) is 0 Å². The quantitative estimate of drug-likeness (QED) is 0.937. The topological polar surface area (TPSA) is 24.5 Å². The number of nitrogens with one attached hydrogen (secondary N) is 1. The number of nitrogens with zero attached hydrogens (tertiary/aromatic N) is 1. The fourth-order valence-corrected chi connectivity index (χ4v) is 2.98. The first-order valence-corrected chi connectivity index (χ1v) is 7.52. The molecule has 1 unspecified atom stereocenters. The number of benzene rings is 2. The van der Waals surface area contributed by atoms with Gasteiger partial charge in [0.25, 0.3) is 0 Å². The number of halogens is 1. The Morgan fingerprint density at radius 1 is 0.909 bits per heavy atom. The molecule has 1 aliphatic rings. The molecule has 3 rings (SSSR count). The maximum atomic E-state index is 5.28. The molecule has 2 aromatic rings. The summed E-state index contributed by atoms with van der Waals surface area (Å²) in [4.78, 5) is 2.55. The van der Waals surface area contributed by atoms with Gasteiger partial charge in [0.05, 0.1) is 13.2 Å². The van der Waals surface area contributed by atoms with Crippen molar-refractivity contribution in [2.24, 2.45) is 0 Å². The molecular weight excluding hydrogens is 296 g/mol. The van der Waals surface area contributed by atoms with E-state index in [0.29, 0.717) is 6.04 Å². The van der Waals surface area contributed by atoms with E-state index < -0.39 is 0 Å². The van der Waals surface area contributed by atoms with Crippen LogP contribution in [0.4, 0.5) is 0 Å². The highest BCUT2D eigenvalue weighted by Gasteiger charge is 2.23. The highest BCUT2D eigenvalue weighted by molar-refractivity contribution is 5.85. The van der Waals surface area contributed by atoms with Gasteiger partial charge in [0.1, 0.15) is 5.75 Å². The predicted molar refractivity (Wildman–Crippen MR) is 93.0 cm³/mol. The van der Waals surface area contributed by atoms with Crippen LogP contribution in [0.15, 0.2) is 54.6 Å². The molecule has 0 amide bonds. The van der Waals surface area contributed by atoms with Crippen molar-refractivity contribution in [3.63, 3.8) is 0 Å². The van der Waals surface area contributed by atoms with Gasteiger partial charge in [-0.2, -0.15) is 0 Å². The number of ether oxygens (including phenoxy) is 1. The lowest BCUT2D eigenvalue weighted by atomic mass is 9.96. The molecule has 0 aliphatic carbocycles. The molecule has 1 aliphatic heterocycles. The monoisotopic (exact) mass is 318 g/mol. The SMILES string of the molecule is COc1ccc(C(c2ccccc2)N2CCNCC2)cc1.Cl. The van der Waals surface area contributed by atoms with Crippen molar-refractivity contribution >= 4 is 12.4 Å². The summed E-state index contributed by atoms with van der Waals surface area (Å²) < 4.78 is 5.28. The number of hydrogen-bond donors (Lipinski definition) is 1. The Labute approximate surface area is 138 Å². The van der Waals surface area contributed by atoms with Crippen LogP contribution >= 0.6 is 12.4 Å². The summed E-state index contributed by atoms with van der Waals surface area (Å²) in [6.07, 6.45) is 0. The third kappa shape index (κ3) is 3.80. The molecule has 1 fully saturated rings. The molecule has 0 spiro atoms. The molecule has 0 radical (unpaired) electrons. The second-order valence-electron chi connectivity index (χ2n) is 5.37. The van der Waals surface area contributed by atoms with Gasteiger partial charge >= 0.3 is 0 Å². The van der Waals surface area contributed by atoms with Crippen LogP contribution in [0.3, 0.4) is 0 Å². The maximum Gasteiger partial charge on any atom is 0.118 e. The molecule has 1 heterocycles. The van der Waals surface area contributed by atoms with Crippen molar-refractivity contribution in [3.05, 3.63) is 65.7 Å². The molecule has 0 saturated carbocycles. The molecule has 0 bridgehead atoms. The van der Waals surface area contributed by atoms with Crippen LogP contribution in [0.2, 0.25) is 0 Å². The summed E-state index contributed by atoms with van der Waals surface area (Å²) in [5.74, 6) is 0.908. The van der Waals surface area contributed by atoms with Gasteiger partial charge in [-0.1, -0.05) is 42.5 Å². The van der Waals surface area contributed by atoms with E-state index in [4.69, 9.17) is 4.74 Å². The number of piperazine rings is 1. The zero-order chi connectivity index (χ0) is 14.5. The van der Waals surface area contributed by atoms with E-state index in [0.717, 1.165) is 31.9 Å². The predicted octanol–water partition coefficient (Wildman–Crippen LogP) is 3.11. The minimum Gasteiger partial charge on any atom is -0.497 e. The van der Waals surface area contributed by atoms with E-state index in [9.17, 15) is 0 Å². The van der Waals surface area contributed by atoms with E-state index >= 15 is 0 Å². The van der Waals surface area contributed by atoms with Gasteiger partial charge in [0.15, 0.2) is 0 Å². The molecule has 118 valence electrons. The average Bonchev–Trinajstić information content (AvgIpc) is 2.58. The molecule has 2 aromatic carbocycles. The lowest BCUT2D eigenvalue weighted by Crippen LogP contribution is -2.45. The molecule has 0 aromatic heterocycles. The van der Waals surface area contributed by atoms with Crippen molar-refractivity contribution in [2.45, 2.75) is 6.04 Å². The summed E-state index contributed by atoms with van der Waals surface area (Å²) in [7, 11) is 1.71. The van der Waals surface area contributed by atoms with Crippen LogP contribution in [-0.4, -0.2) is 38.2 Å². The Bertz CT molecular complexity index is 553. The third-order valence-corrected chi connectivity index (χ3v) is 4.06. The summed E-state index contributed by atoms with van der Waals surface area (Å²) in [5, 5.41) is 3.43. The zero-order valence-corrected chi connectivity index (χ0v) is 13.7.